The summed E-state index contributed by atoms with van der Waals surface area (Å²) in [5, 5.41) is 0. The van der Waals surface area contributed by atoms with Crippen molar-refractivity contribution in [1.82, 2.24) is 14.9 Å². The van der Waals surface area contributed by atoms with Crippen molar-refractivity contribution in [2.24, 2.45) is 0 Å². The minimum absolute atomic E-state index is 0.343. The molecule has 1 atom stereocenters. The van der Waals surface area contributed by atoms with Crippen LogP contribution in [0.4, 0.5) is 8.78 Å². The molecule has 5 heteroatoms. The van der Waals surface area contributed by atoms with Gasteiger partial charge in [-0.3, -0.25) is 4.90 Å². The second-order valence-corrected chi connectivity index (χ2v) is 5.26. The molecule has 1 aromatic carbocycles. The minimum Gasteiger partial charge on any atom is -0.348 e. The van der Waals surface area contributed by atoms with E-state index in [0.717, 1.165) is 37.8 Å². The van der Waals surface area contributed by atoms with E-state index in [9.17, 15) is 8.78 Å². The maximum absolute atomic E-state index is 13.7. The number of aromatic nitrogens is 2. The highest BCUT2D eigenvalue weighted by Crippen LogP contribution is 2.26. The molecular weight excluding hydrogens is 260 g/mol. The van der Waals surface area contributed by atoms with Gasteiger partial charge in [0.25, 0.3) is 0 Å². The lowest BCUT2D eigenvalue weighted by Gasteiger charge is -2.31. The minimum atomic E-state index is -0.776. The van der Waals surface area contributed by atoms with Crippen LogP contribution in [0.5, 0.6) is 0 Å². The van der Waals surface area contributed by atoms with Gasteiger partial charge >= 0.3 is 0 Å². The van der Waals surface area contributed by atoms with Crippen molar-refractivity contribution in [2.45, 2.75) is 25.3 Å². The Bertz CT molecular complexity index is 569. The lowest BCUT2D eigenvalue weighted by Crippen LogP contribution is -2.34. The summed E-state index contributed by atoms with van der Waals surface area (Å²) >= 11 is 0. The number of nitrogens with one attached hydrogen (secondary N) is 1. The topological polar surface area (TPSA) is 31.9 Å². The predicted molar refractivity (Wildman–Crippen MR) is 72.2 cm³/mol. The summed E-state index contributed by atoms with van der Waals surface area (Å²) in [5.74, 6) is -0.181. The Labute approximate surface area is 116 Å². The summed E-state index contributed by atoms with van der Waals surface area (Å²) in [4.78, 5) is 9.60. The predicted octanol–water partition coefficient (Wildman–Crippen LogP) is 3.07. The van der Waals surface area contributed by atoms with Crippen molar-refractivity contribution in [3.05, 3.63) is 53.6 Å². The summed E-state index contributed by atoms with van der Waals surface area (Å²) in [6.07, 6.45) is 5.69. The molecule has 1 unspecified atom stereocenters. The van der Waals surface area contributed by atoms with Gasteiger partial charge in [0.1, 0.15) is 5.82 Å². The fourth-order valence-electron chi connectivity index (χ4n) is 2.83. The highest BCUT2D eigenvalue weighted by atomic mass is 19.2. The zero-order valence-corrected chi connectivity index (χ0v) is 11.1. The molecule has 1 N–H and O–H groups in total. The number of hydrogen-bond acceptors (Lipinski definition) is 2. The zero-order valence-electron chi connectivity index (χ0n) is 11.1. The summed E-state index contributed by atoms with van der Waals surface area (Å²) in [7, 11) is 0. The first-order valence-corrected chi connectivity index (χ1v) is 6.88. The number of piperidine rings is 1. The molecule has 1 aliphatic rings. The van der Waals surface area contributed by atoms with Crippen molar-refractivity contribution >= 4 is 0 Å². The number of halogens is 2. The maximum Gasteiger partial charge on any atom is 0.163 e. The van der Waals surface area contributed by atoms with Gasteiger partial charge in [0, 0.05) is 37.0 Å². The number of hydrogen-bond donors (Lipinski definition) is 1. The second-order valence-electron chi connectivity index (χ2n) is 5.26. The third-order valence-electron chi connectivity index (χ3n) is 3.84. The van der Waals surface area contributed by atoms with Crippen LogP contribution in [0.15, 0.2) is 30.6 Å². The molecule has 0 bridgehead atoms. The van der Waals surface area contributed by atoms with Crippen LogP contribution < -0.4 is 0 Å². The smallest absolute Gasteiger partial charge is 0.163 e. The van der Waals surface area contributed by atoms with Gasteiger partial charge in [0.05, 0.1) is 0 Å². The Balaban J connectivity index is 1.70. The van der Waals surface area contributed by atoms with Crippen LogP contribution in [0.2, 0.25) is 0 Å². The van der Waals surface area contributed by atoms with Crippen LogP contribution in [0, 0.1) is 11.6 Å². The number of likely N-dealkylation sites (tertiary alicyclic amines) is 1. The van der Waals surface area contributed by atoms with Crippen molar-refractivity contribution < 1.29 is 8.78 Å². The summed E-state index contributed by atoms with van der Waals surface area (Å²) < 4.78 is 26.9. The van der Waals surface area contributed by atoms with Gasteiger partial charge in [0.15, 0.2) is 11.6 Å². The van der Waals surface area contributed by atoms with E-state index in [1.165, 1.54) is 0 Å². The van der Waals surface area contributed by atoms with E-state index in [4.69, 9.17) is 0 Å². The summed E-state index contributed by atoms with van der Waals surface area (Å²) in [5.41, 5.74) is 0.421. The van der Waals surface area contributed by atoms with E-state index in [1.54, 1.807) is 18.3 Å². The summed E-state index contributed by atoms with van der Waals surface area (Å²) in [6, 6.07) is 4.36. The number of nitrogens with zero attached hydrogens (tertiary/aromatic N) is 2. The first-order valence-electron chi connectivity index (χ1n) is 6.88. The fourth-order valence-corrected chi connectivity index (χ4v) is 2.83. The SMILES string of the molecule is Fc1cccc(CN2CCCC(c3ncc[nH]3)C2)c1F. The average Bonchev–Trinajstić information content (AvgIpc) is 2.98. The molecule has 1 saturated heterocycles. The second kappa shape index (κ2) is 5.71. The number of imidazole rings is 1. The Morgan fingerprint density at radius 2 is 2.25 bits per heavy atom. The first-order chi connectivity index (χ1) is 9.74. The Morgan fingerprint density at radius 1 is 1.35 bits per heavy atom. The van der Waals surface area contributed by atoms with Crippen LogP contribution in [0.3, 0.4) is 0 Å². The molecule has 3 nitrogen and oxygen atoms in total. The first kappa shape index (κ1) is 13.2. The molecule has 0 spiro atoms. The van der Waals surface area contributed by atoms with Crippen LogP contribution in [0.25, 0.3) is 0 Å². The molecule has 1 aromatic heterocycles. The molecule has 0 radical (unpaired) electrons. The van der Waals surface area contributed by atoms with E-state index < -0.39 is 11.6 Å². The number of benzene rings is 1. The van der Waals surface area contributed by atoms with E-state index in [1.807, 2.05) is 6.20 Å². The third-order valence-corrected chi connectivity index (χ3v) is 3.84. The van der Waals surface area contributed by atoms with Gasteiger partial charge in [-0.05, 0) is 25.5 Å². The van der Waals surface area contributed by atoms with Gasteiger partial charge in [-0.2, -0.15) is 0 Å². The lowest BCUT2D eigenvalue weighted by atomic mass is 9.97. The van der Waals surface area contributed by atoms with E-state index in [-0.39, 0.29) is 0 Å². The molecular formula is C15H17F2N3. The Morgan fingerprint density at radius 3 is 3.05 bits per heavy atom. The quantitative estimate of drug-likeness (QED) is 0.935. The molecule has 1 aliphatic heterocycles. The van der Waals surface area contributed by atoms with Crippen molar-refractivity contribution in [1.29, 1.82) is 0 Å². The fraction of sp³-hybridized carbons (Fsp3) is 0.400. The zero-order chi connectivity index (χ0) is 13.9. The van der Waals surface area contributed by atoms with Gasteiger partial charge in [0.2, 0.25) is 0 Å². The van der Waals surface area contributed by atoms with Gasteiger partial charge in [-0.1, -0.05) is 12.1 Å². The maximum atomic E-state index is 13.7. The normalized spacial score (nSPS) is 20.2. The monoisotopic (exact) mass is 277 g/mol. The summed E-state index contributed by atoms with van der Waals surface area (Å²) in [6.45, 7) is 2.18. The van der Waals surface area contributed by atoms with Crippen LogP contribution in [0.1, 0.15) is 30.1 Å². The number of rotatable bonds is 3. The average molecular weight is 277 g/mol. The highest BCUT2D eigenvalue weighted by molar-refractivity contribution is 5.19. The molecule has 106 valence electrons. The molecule has 2 aromatic rings. The molecule has 0 saturated carbocycles. The standard InChI is InChI=1S/C15H17F2N3/c16-13-5-1-3-11(14(13)17)9-20-8-2-4-12(10-20)15-18-6-7-19-15/h1,3,5-7,12H,2,4,8-10H2,(H,18,19). The van der Waals surface area contributed by atoms with Crippen LogP contribution >= 0.6 is 0 Å². The lowest BCUT2D eigenvalue weighted by molar-refractivity contribution is 0.194. The number of aromatic amines is 1. The van der Waals surface area contributed by atoms with Gasteiger partial charge in [-0.15, -0.1) is 0 Å². The van der Waals surface area contributed by atoms with Crippen molar-refractivity contribution in [3.8, 4) is 0 Å². The molecule has 0 aliphatic carbocycles. The number of H-pyrrole nitrogens is 1. The van der Waals surface area contributed by atoms with Gasteiger partial charge < -0.3 is 4.98 Å². The molecule has 20 heavy (non-hydrogen) atoms. The molecule has 3 rings (SSSR count). The van der Waals surface area contributed by atoms with Crippen molar-refractivity contribution in [3.63, 3.8) is 0 Å². The molecule has 2 heterocycles. The Hall–Kier alpha value is -1.75. The molecule has 0 amide bonds. The Kier molecular flexibility index (Phi) is 3.78. The van der Waals surface area contributed by atoms with E-state index in [2.05, 4.69) is 14.9 Å². The largest absolute Gasteiger partial charge is 0.348 e. The van der Waals surface area contributed by atoms with Crippen LogP contribution in [-0.2, 0) is 6.54 Å². The molecule has 1 fully saturated rings. The van der Waals surface area contributed by atoms with Crippen molar-refractivity contribution in [2.75, 3.05) is 13.1 Å². The van der Waals surface area contributed by atoms with E-state index in [0.29, 0.717) is 18.0 Å². The van der Waals surface area contributed by atoms with Gasteiger partial charge in [-0.25, -0.2) is 13.8 Å². The third kappa shape index (κ3) is 2.72. The van der Waals surface area contributed by atoms with Crippen LogP contribution in [-0.4, -0.2) is 28.0 Å². The van der Waals surface area contributed by atoms with E-state index >= 15 is 0 Å². The highest BCUT2D eigenvalue weighted by Gasteiger charge is 2.23.